The summed E-state index contributed by atoms with van der Waals surface area (Å²) in [6, 6.07) is 3.46. The minimum absolute atomic E-state index is 0.0434. The number of rotatable bonds is 2. The van der Waals surface area contributed by atoms with E-state index >= 15 is 0 Å². The van der Waals surface area contributed by atoms with E-state index in [1.165, 1.54) is 19.3 Å². The molecule has 0 atom stereocenters. The molecule has 0 radical (unpaired) electrons. The first-order valence-electron chi connectivity index (χ1n) is 5.04. The summed E-state index contributed by atoms with van der Waals surface area (Å²) in [5.74, 6) is 0.447. The van der Waals surface area contributed by atoms with Crippen LogP contribution in [-0.4, -0.2) is 20.7 Å². The van der Waals surface area contributed by atoms with E-state index in [4.69, 9.17) is 11.6 Å². The SMILES string of the molecule is CC(=O)c1cnc(-c2ccc(Cl)cn2)nc1C. The van der Waals surface area contributed by atoms with E-state index in [1.54, 1.807) is 19.1 Å². The van der Waals surface area contributed by atoms with Crippen molar-refractivity contribution in [2.45, 2.75) is 13.8 Å². The van der Waals surface area contributed by atoms with E-state index in [0.717, 1.165) is 0 Å². The predicted molar refractivity (Wildman–Crippen MR) is 65.0 cm³/mol. The van der Waals surface area contributed by atoms with Crippen LogP contribution in [0.5, 0.6) is 0 Å². The quantitative estimate of drug-likeness (QED) is 0.766. The summed E-state index contributed by atoms with van der Waals surface area (Å²) in [6.07, 6.45) is 3.06. The third kappa shape index (κ3) is 2.47. The van der Waals surface area contributed by atoms with E-state index in [0.29, 0.717) is 27.8 Å². The Balaban J connectivity index is 2.44. The second kappa shape index (κ2) is 4.59. The van der Waals surface area contributed by atoms with E-state index in [2.05, 4.69) is 15.0 Å². The van der Waals surface area contributed by atoms with Gasteiger partial charge in [-0.05, 0) is 26.0 Å². The minimum Gasteiger partial charge on any atom is -0.294 e. The number of aryl methyl sites for hydroxylation is 1. The monoisotopic (exact) mass is 247 g/mol. The predicted octanol–water partition coefficient (Wildman–Crippen LogP) is 2.70. The van der Waals surface area contributed by atoms with E-state index < -0.39 is 0 Å². The highest BCUT2D eigenvalue weighted by Crippen LogP contribution is 2.16. The molecule has 0 N–H and O–H groups in total. The van der Waals surface area contributed by atoms with Crippen LogP contribution in [-0.2, 0) is 0 Å². The lowest BCUT2D eigenvalue weighted by Crippen LogP contribution is -2.02. The average molecular weight is 248 g/mol. The van der Waals surface area contributed by atoms with Crippen molar-refractivity contribution < 1.29 is 4.79 Å². The Bertz CT molecular complexity index is 566. The molecule has 2 aromatic heterocycles. The van der Waals surface area contributed by atoms with Crippen LogP contribution in [0.15, 0.2) is 24.5 Å². The lowest BCUT2D eigenvalue weighted by Gasteiger charge is -2.03. The highest BCUT2D eigenvalue weighted by atomic mass is 35.5. The second-order valence-corrected chi connectivity index (χ2v) is 4.05. The first-order chi connectivity index (χ1) is 8.08. The van der Waals surface area contributed by atoms with Gasteiger partial charge in [0.1, 0.15) is 5.69 Å². The van der Waals surface area contributed by atoms with Crippen LogP contribution >= 0.6 is 11.6 Å². The summed E-state index contributed by atoms with van der Waals surface area (Å²) >= 11 is 5.75. The van der Waals surface area contributed by atoms with Gasteiger partial charge in [0.25, 0.3) is 0 Å². The molecule has 0 fully saturated rings. The van der Waals surface area contributed by atoms with Gasteiger partial charge in [-0.2, -0.15) is 0 Å². The number of pyridine rings is 1. The first kappa shape index (κ1) is 11.7. The maximum absolute atomic E-state index is 11.2. The molecule has 0 aliphatic rings. The number of nitrogens with zero attached hydrogens (tertiary/aromatic N) is 3. The topological polar surface area (TPSA) is 55.7 Å². The molecule has 0 saturated heterocycles. The summed E-state index contributed by atoms with van der Waals surface area (Å²) in [7, 11) is 0. The number of hydrogen-bond acceptors (Lipinski definition) is 4. The van der Waals surface area contributed by atoms with Crippen LogP contribution in [0.2, 0.25) is 5.02 Å². The first-order valence-corrected chi connectivity index (χ1v) is 5.42. The van der Waals surface area contributed by atoms with Crippen LogP contribution in [0.4, 0.5) is 0 Å². The van der Waals surface area contributed by atoms with Crippen molar-refractivity contribution in [3.63, 3.8) is 0 Å². The van der Waals surface area contributed by atoms with Crippen molar-refractivity contribution in [3.05, 3.63) is 40.8 Å². The Kier molecular flexibility index (Phi) is 3.15. The van der Waals surface area contributed by atoms with Crippen molar-refractivity contribution >= 4 is 17.4 Å². The van der Waals surface area contributed by atoms with Gasteiger partial charge in [0.05, 0.1) is 16.3 Å². The Morgan fingerprint density at radius 2 is 2.00 bits per heavy atom. The van der Waals surface area contributed by atoms with Gasteiger partial charge in [-0.3, -0.25) is 9.78 Å². The lowest BCUT2D eigenvalue weighted by molar-refractivity contribution is 0.101. The summed E-state index contributed by atoms with van der Waals surface area (Å²) in [5.41, 5.74) is 1.81. The largest absolute Gasteiger partial charge is 0.294 e. The molecule has 0 amide bonds. The number of hydrogen-bond donors (Lipinski definition) is 0. The third-order valence-electron chi connectivity index (χ3n) is 2.32. The second-order valence-electron chi connectivity index (χ2n) is 3.61. The number of carbonyl (C=O) groups excluding carboxylic acids is 1. The number of ketones is 1. The Morgan fingerprint density at radius 3 is 2.53 bits per heavy atom. The Labute approximate surface area is 104 Å². The van der Waals surface area contributed by atoms with Gasteiger partial charge in [-0.15, -0.1) is 0 Å². The molecule has 0 aliphatic carbocycles. The van der Waals surface area contributed by atoms with Gasteiger partial charge in [0, 0.05) is 12.4 Å². The van der Waals surface area contributed by atoms with Crippen LogP contribution in [0.3, 0.4) is 0 Å². The number of Topliss-reactive ketones (excluding diaryl/α,β-unsaturated/α-hetero) is 1. The zero-order valence-electron chi connectivity index (χ0n) is 9.44. The van der Waals surface area contributed by atoms with Gasteiger partial charge in [0.15, 0.2) is 11.6 Å². The van der Waals surface area contributed by atoms with Crippen LogP contribution in [0.1, 0.15) is 23.0 Å². The maximum Gasteiger partial charge on any atom is 0.178 e. The van der Waals surface area contributed by atoms with Crippen molar-refractivity contribution in [1.82, 2.24) is 15.0 Å². The van der Waals surface area contributed by atoms with Crippen LogP contribution in [0, 0.1) is 6.92 Å². The summed E-state index contributed by atoms with van der Waals surface area (Å²) in [6.45, 7) is 3.27. The summed E-state index contributed by atoms with van der Waals surface area (Å²) < 4.78 is 0. The Hall–Kier alpha value is -1.81. The van der Waals surface area contributed by atoms with E-state index in [1.807, 2.05) is 0 Å². The molecule has 2 heterocycles. The van der Waals surface area contributed by atoms with Gasteiger partial charge >= 0.3 is 0 Å². The van der Waals surface area contributed by atoms with Crippen molar-refractivity contribution in [1.29, 1.82) is 0 Å². The van der Waals surface area contributed by atoms with E-state index in [-0.39, 0.29) is 5.78 Å². The smallest absolute Gasteiger partial charge is 0.178 e. The molecule has 0 aliphatic heterocycles. The summed E-state index contributed by atoms with van der Waals surface area (Å²) in [5, 5.41) is 0.561. The molecular weight excluding hydrogens is 238 g/mol. The number of carbonyl (C=O) groups is 1. The molecule has 17 heavy (non-hydrogen) atoms. The highest BCUT2D eigenvalue weighted by Gasteiger charge is 2.09. The molecule has 0 saturated carbocycles. The number of aromatic nitrogens is 3. The average Bonchev–Trinajstić information content (AvgIpc) is 2.29. The fraction of sp³-hybridized carbons (Fsp3) is 0.167. The molecule has 0 unspecified atom stereocenters. The molecular formula is C12H10ClN3O. The molecule has 4 nitrogen and oxygen atoms in total. The van der Waals surface area contributed by atoms with Crippen molar-refractivity contribution in [2.24, 2.45) is 0 Å². The maximum atomic E-state index is 11.2. The van der Waals surface area contributed by atoms with Gasteiger partial charge < -0.3 is 0 Å². The fourth-order valence-corrected chi connectivity index (χ4v) is 1.56. The summed E-state index contributed by atoms with van der Waals surface area (Å²) in [4.78, 5) is 23.7. The molecule has 0 spiro atoms. The standard InChI is InChI=1S/C12H10ClN3O/c1-7-10(8(2)17)6-15-12(16-7)11-4-3-9(13)5-14-11/h3-6H,1-2H3. The molecule has 2 rings (SSSR count). The van der Waals surface area contributed by atoms with Crippen molar-refractivity contribution in [2.75, 3.05) is 0 Å². The third-order valence-corrected chi connectivity index (χ3v) is 2.54. The van der Waals surface area contributed by atoms with Gasteiger partial charge in [0.2, 0.25) is 0 Å². The van der Waals surface area contributed by atoms with Gasteiger partial charge in [-0.25, -0.2) is 9.97 Å². The Morgan fingerprint density at radius 1 is 1.24 bits per heavy atom. The molecule has 2 aromatic rings. The number of halogens is 1. The lowest BCUT2D eigenvalue weighted by atomic mass is 10.2. The normalized spacial score (nSPS) is 10.3. The zero-order chi connectivity index (χ0) is 12.4. The molecule has 0 aromatic carbocycles. The fourth-order valence-electron chi connectivity index (χ4n) is 1.44. The van der Waals surface area contributed by atoms with Crippen LogP contribution in [0.25, 0.3) is 11.5 Å². The van der Waals surface area contributed by atoms with Crippen molar-refractivity contribution in [3.8, 4) is 11.5 Å². The molecule has 0 bridgehead atoms. The van der Waals surface area contributed by atoms with E-state index in [9.17, 15) is 4.79 Å². The highest BCUT2D eigenvalue weighted by molar-refractivity contribution is 6.30. The molecule has 5 heteroatoms. The minimum atomic E-state index is -0.0434. The van der Waals surface area contributed by atoms with Crippen LogP contribution < -0.4 is 0 Å². The molecule has 86 valence electrons. The zero-order valence-corrected chi connectivity index (χ0v) is 10.2. The van der Waals surface area contributed by atoms with Gasteiger partial charge in [-0.1, -0.05) is 11.6 Å².